The molecule has 0 atom stereocenters. The molecule has 0 aromatic heterocycles. The fraction of sp³-hybridized carbons (Fsp3) is 0.0667. The van der Waals surface area contributed by atoms with E-state index < -0.39 is 0 Å². The van der Waals surface area contributed by atoms with Crippen LogP contribution < -0.4 is 15.5 Å². The maximum absolute atomic E-state index is 5.27. The standard InChI is InChI=1S/C15H14BrN3OS/c1-20-14-8-7-12(16)9-11(14)10-17-19-15(21)18-13-5-3-2-4-6-13/h2-10H,1H3,(H2,18,19,21). The molecular weight excluding hydrogens is 350 g/mol. The van der Waals surface area contributed by atoms with Crippen molar-refractivity contribution in [3.63, 3.8) is 0 Å². The smallest absolute Gasteiger partial charge is 0.191 e. The molecule has 6 heteroatoms. The molecule has 0 aliphatic heterocycles. The number of nitrogens with one attached hydrogen (secondary N) is 2. The number of benzene rings is 2. The summed E-state index contributed by atoms with van der Waals surface area (Å²) in [4.78, 5) is 0. The minimum atomic E-state index is 0.423. The van der Waals surface area contributed by atoms with Gasteiger partial charge in [-0.15, -0.1) is 0 Å². The van der Waals surface area contributed by atoms with Crippen LogP contribution in [0.4, 0.5) is 5.69 Å². The van der Waals surface area contributed by atoms with Gasteiger partial charge in [0.25, 0.3) is 0 Å². The van der Waals surface area contributed by atoms with Gasteiger partial charge < -0.3 is 10.1 Å². The third kappa shape index (κ3) is 4.84. The Labute approximate surface area is 137 Å². The molecule has 0 heterocycles. The number of halogens is 1. The Kier molecular flexibility index (Phi) is 5.71. The molecule has 108 valence electrons. The third-order valence-corrected chi connectivity index (χ3v) is 3.28. The van der Waals surface area contributed by atoms with Crippen molar-refractivity contribution in [1.82, 2.24) is 5.43 Å². The third-order valence-electron chi connectivity index (χ3n) is 2.59. The number of nitrogens with zero attached hydrogens (tertiary/aromatic N) is 1. The Bertz CT molecular complexity index is 647. The van der Waals surface area contributed by atoms with E-state index in [1.165, 1.54) is 0 Å². The number of para-hydroxylation sites is 1. The van der Waals surface area contributed by atoms with Crippen LogP contribution in [0.25, 0.3) is 0 Å². The molecule has 0 amide bonds. The van der Waals surface area contributed by atoms with Crippen LogP contribution in [0.3, 0.4) is 0 Å². The summed E-state index contributed by atoms with van der Waals surface area (Å²) in [6.45, 7) is 0. The maximum atomic E-state index is 5.27. The first-order chi connectivity index (χ1) is 10.2. The molecule has 0 radical (unpaired) electrons. The minimum Gasteiger partial charge on any atom is -0.496 e. The molecule has 0 fully saturated rings. The van der Waals surface area contributed by atoms with Gasteiger partial charge in [0, 0.05) is 15.7 Å². The van der Waals surface area contributed by atoms with Crippen molar-refractivity contribution in [3.05, 3.63) is 58.6 Å². The lowest BCUT2D eigenvalue weighted by atomic mass is 10.2. The van der Waals surface area contributed by atoms with Gasteiger partial charge in [-0.2, -0.15) is 5.10 Å². The molecular formula is C15H14BrN3OS. The van der Waals surface area contributed by atoms with Crippen LogP contribution in [0.5, 0.6) is 5.75 Å². The zero-order valence-corrected chi connectivity index (χ0v) is 13.7. The molecule has 0 unspecified atom stereocenters. The number of hydrogen-bond donors (Lipinski definition) is 2. The predicted molar refractivity (Wildman–Crippen MR) is 94.1 cm³/mol. The predicted octanol–water partition coefficient (Wildman–Crippen LogP) is 3.78. The number of hydrogen-bond acceptors (Lipinski definition) is 3. The Balaban J connectivity index is 1.96. The summed E-state index contributed by atoms with van der Waals surface area (Å²) in [5.41, 5.74) is 4.53. The van der Waals surface area contributed by atoms with Crippen molar-refractivity contribution in [2.24, 2.45) is 5.10 Å². The highest BCUT2D eigenvalue weighted by Crippen LogP contribution is 2.21. The van der Waals surface area contributed by atoms with Crippen molar-refractivity contribution in [1.29, 1.82) is 0 Å². The molecule has 2 rings (SSSR count). The van der Waals surface area contributed by atoms with Gasteiger partial charge in [-0.1, -0.05) is 34.1 Å². The number of hydrazone groups is 1. The van der Waals surface area contributed by atoms with Crippen molar-refractivity contribution in [2.45, 2.75) is 0 Å². The van der Waals surface area contributed by atoms with E-state index in [9.17, 15) is 0 Å². The molecule has 0 saturated heterocycles. The topological polar surface area (TPSA) is 45.6 Å². The first kappa shape index (κ1) is 15.5. The Morgan fingerprint density at radius 1 is 1.24 bits per heavy atom. The summed E-state index contributed by atoms with van der Waals surface area (Å²) in [6.07, 6.45) is 1.66. The van der Waals surface area contributed by atoms with Gasteiger partial charge in [0.15, 0.2) is 5.11 Å². The summed E-state index contributed by atoms with van der Waals surface area (Å²) in [5, 5.41) is 7.56. The fourth-order valence-electron chi connectivity index (χ4n) is 1.65. The summed E-state index contributed by atoms with van der Waals surface area (Å²) in [5.74, 6) is 0.741. The normalized spacial score (nSPS) is 10.4. The highest BCUT2D eigenvalue weighted by atomic mass is 79.9. The zero-order valence-electron chi connectivity index (χ0n) is 11.3. The quantitative estimate of drug-likeness (QED) is 0.493. The van der Waals surface area contributed by atoms with Crippen LogP contribution in [0.15, 0.2) is 58.1 Å². The zero-order chi connectivity index (χ0) is 15.1. The lowest BCUT2D eigenvalue weighted by Crippen LogP contribution is -2.23. The summed E-state index contributed by atoms with van der Waals surface area (Å²) in [7, 11) is 1.62. The van der Waals surface area contributed by atoms with E-state index in [1.807, 2.05) is 48.5 Å². The number of anilines is 1. The Hall–Kier alpha value is -1.92. The average Bonchev–Trinajstić information content (AvgIpc) is 2.48. The monoisotopic (exact) mass is 363 g/mol. The number of thiocarbonyl (C=S) groups is 1. The lowest BCUT2D eigenvalue weighted by molar-refractivity contribution is 0.414. The van der Waals surface area contributed by atoms with E-state index in [2.05, 4.69) is 31.8 Å². The molecule has 4 nitrogen and oxygen atoms in total. The second-order valence-electron chi connectivity index (χ2n) is 4.08. The van der Waals surface area contributed by atoms with E-state index in [4.69, 9.17) is 17.0 Å². The largest absolute Gasteiger partial charge is 0.496 e. The van der Waals surface area contributed by atoms with E-state index in [-0.39, 0.29) is 0 Å². The van der Waals surface area contributed by atoms with E-state index in [0.717, 1.165) is 21.5 Å². The summed E-state index contributed by atoms with van der Waals surface area (Å²) in [6, 6.07) is 15.3. The first-order valence-electron chi connectivity index (χ1n) is 6.17. The average molecular weight is 364 g/mol. The first-order valence-corrected chi connectivity index (χ1v) is 7.38. The second kappa shape index (κ2) is 7.75. The van der Waals surface area contributed by atoms with Gasteiger partial charge in [0.2, 0.25) is 0 Å². The molecule has 0 aliphatic rings. The molecule has 0 saturated carbocycles. The van der Waals surface area contributed by atoms with Gasteiger partial charge in [0.05, 0.1) is 13.3 Å². The summed E-state index contributed by atoms with van der Waals surface area (Å²) < 4.78 is 6.22. The number of methoxy groups -OCH3 is 1. The van der Waals surface area contributed by atoms with Crippen molar-refractivity contribution >= 4 is 45.2 Å². The Morgan fingerprint density at radius 3 is 2.71 bits per heavy atom. The molecule has 0 aliphatic carbocycles. The van der Waals surface area contributed by atoms with E-state index >= 15 is 0 Å². The Morgan fingerprint density at radius 2 is 2.00 bits per heavy atom. The van der Waals surface area contributed by atoms with Gasteiger partial charge >= 0.3 is 0 Å². The minimum absolute atomic E-state index is 0.423. The van der Waals surface area contributed by atoms with Crippen molar-refractivity contribution in [3.8, 4) is 5.75 Å². The summed E-state index contributed by atoms with van der Waals surface area (Å²) >= 11 is 8.58. The van der Waals surface area contributed by atoms with Crippen LogP contribution in [0.2, 0.25) is 0 Å². The lowest BCUT2D eigenvalue weighted by Gasteiger charge is -2.07. The van der Waals surface area contributed by atoms with Gasteiger partial charge in [0.1, 0.15) is 5.75 Å². The second-order valence-corrected chi connectivity index (χ2v) is 5.40. The van der Waals surface area contributed by atoms with E-state index in [0.29, 0.717) is 5.11 Å². The van der Waals surface area contributed by atoms with Crippen LogP contribution >= 0.6 is 28.1 Å². The van der Waals surface area contributed by atoms with Crippen LogP contribution in [-0.4, -0.2) is 18.4 Å². The van der Waals surface area contributed by atoms with Crippen LogP contribution in [-0.2, 0) is 0 Å². The number of rotatable bonds is 4. The van der Waals surface area contributed by atoms with Crippen molar-refractivity contribution < 1.29 is 4.74 Å². The highest BCUT2D eigenvalue weighted by molar-refractivity contribution is 9.10. The maximum Gasteiger partial charge on any atom is 0.191 e. The van der Waals surface area contributed by atoms with Crippen molar-refractivity contribution in [2.75, 3.05) is 12.4 Å². The van der Waals surface area contributed by atoms with Gasteiger partial charge in [-0.05, 0) is 42.5 Å². The molecule has 0 spiro atoms. The van der Waals surface area contributed by atoms with Crippen LogP contribution in [0, 0.1) is 0 Å². The fourth-order valence-corrected chi connectivity index (χ4v) is 2.20. The molecule has 0 bridgehead atoms. The van der Waals surface area contributed by atoms with Gasteiger partial charge in [-0.25, -0.2) is 0 Å². The van der Waals surface area contributed by atoms with E-state index in [1.54, 1.807) is 13.3 Å². The molecule has 2 N–H and O–H groups in total. The molecule has 2 aromatic carbocycles. The van der Waals surface area contributed by atoms with Gasteiger partial charge in [-0.3, -0.25) is 5.43 Å². The SMILES string of the molecule is COc1ccc(Br)cc1C=NNC(=S)Nc1ccccc1. The van der Waals surface area contributed by atoms with Crippen LogP contribution in [0.1, 0.15) is 5.56 Å². The number of ether oxygens (including phenoxy) is 1. The molecule has 21 heavy (non-hydrogen) atoms. The molecule has 2 aromatic rings. The highest BCUT2D eigenvalue weighted by Gasteiger charge is 2.01.